The molecule has 1 fully saturated rings. The van der Waals surface area contributed by atoms with E-state index in [1.807, 2.05) is 0 Å². The number of piperidine rings is 1. The monoisotopic (exact) mass is 229 g/mol. The fraction of sp³-hybridized carbons (Fsp3) is 1.00. The molecule has 0 aromatic heterocycles. The van der Waals surface area contributed by atoms with Gasteiger partial charge < -0.3 is 14.7 Å². The van der Waals surface area contributed by atoms with E-state index >= 15 is 0 Å². The highest BCUT2D eigenvalue weighted by molar-refractivity contribution is 4.77. The minimum atomic E-state index is -0.201. The Labute approximate surface area is 99.8 Å². The van der Waals surface area contributed by atoms with Crippen LogP contribution in [0.1, 0.15) is 40.0 Å². The summed E-state index contributed by atoms with van der Waals surface area (Å²) in [5, 5.41) is 9.96. The van der Waals surface area contributed by atoms with Crippen molar-refractivity contribution in [1.29, 1.82) is 0 Å². The van der Waals surface area contributed by atoms with Crippen molar-refractivity contribution in [3.05, 3.63) is 0 Å². The van der Waals surface area contributed by atoms with Gasteiger partial charge in [-0.2, -0.15) is 0 Å². The molecule has 0 aliphatic carbocycles. The predicted molar refractivity (Wildman–Crippen MR) is 66.5 cm³/mol. The van der Waals surface area contributed by atoms with Crippen LogP contribution >= 0.6 is 0 Å². The molecule has 1 N–H and O–H groups in total. The first kappa shape index (κ1) is 13.9. The largest absolute Gasteiger partial charge is 0.393 e. The van der Waals surface area contributed by atoms with E-state index in [2.05, 4.69) is 25.7 Å². The van der Waals surface area contributed by atoms with Crippen LogP contribution in [0.3, 0.4) is 0 Å². The van der Waals surface area contributed by atoms with Gasteiger partial charge in [0.05, 0.1) is 12.2 Å². The molecule has 0 saturated carbocycles. The summed E-state index contributed by atoms with van der Waals surface area (Å²) in [6.45, 7) is 9.50. The van der Waals surface area contributed by atoms with Crippen molar-refractivity contribution in [3.8, 4) is 0 Å². The van der Waals surface area contributed by atoms with Gasteiger partial charge in [0.1, 0.15) is 0 Å². The molecule has 0 aromatic rings. The first-order valence-corrected chi connectivity index (χ1v) is 6.36. The lowest BCUT2D eigenvalue weighted by atomic mass is 9.87. The Bertz CT molecular complexity index is 193. The molecule has 16 heavy (non-hydrogen) atoms. The van der Waals surface area contributed by atoms with Gasteiger partial charge in [-0.15, -0.1) is 0 Å². The SMILES string of the molecule is COC1CCN(CCC(O)C(C)(C)C)CC1. The normalized spacial score (nSPS) is 22.3. The van der Waals surface area contributed by atoms with Crippen LogP contribution in [0, 0.1) is 5.41 Å². The third-order valence-corrected chi connectivity index (χ3v) is 3.59. The molecule has 1 atom stereocenters. The average molecular weight is 229 g/mol. The molecule has 0 amide bonds. The molecule has 1 unspecified atom stereocenters. The first-order chi connectivity index (χ1) is 7.43. The topological polar surface area (TPSA) is 32.7 Å². The standard InChI is InChI=1S/C13H27NO2/c1-13(2,3)12(15)7-10-14-8-5-11(16-4)6-9-14/h11-12,15H,5-10H2,1-4H3. The van der Waals surface area contributed by atoms with E-state index in [0.717, 1.165) is 38.9 Å². The molecule has 1 aliphatic heterocycles. The lowest BCUT2D eigenvalue weighted by Crippen LogP contribution is -2.39. The maximum Gasteiger partial charge on any atom is 0.0600 e. The second-order valence-electron chi connectivity index (χ2n) is 5.95. The molecule has 0 radical (unpaired) electrons. The third kappa shape index (κ3) is 4.40. The van der Waals surface area contributed by atoms with E-state index in [9.17, 15) is 5.11 Å². The number of nitrogens with zero attached hydrogens (tertiary/aromatic N) is 1. The second kappa shape index (κ2) is 5.99. The van der Waals surface area contributed by atoms with Crippen LogP contribution in [0.2, 0.25) is 0 Å². The van der Waals surface area contributed by atoms with Gasteiger partial charge in [-0.3, -0.25) is 0 Å². The van der Waals surface area contributed by atoms with Crippen molar-refractivity contribution < 1.29 is 9.84 Å². The highest BCUT2D eigenvalue weighted by Gasteiger charge is 2.24. The van der Waals surface area contributed by atoms with Gasteiger partial charge in [-0.1, -0.05) is 20.8 Å². The number of hydrogen-bond acceptors (Lipinski definition) is 3. The van der Waals surface area contributed by atoms with Crippen molar-refractivity contribution in [3.63, 3.8) is 0 Å². The summed E-state index contributed by atoms with van der Waals surface area (Å²) in [4.78, 5) is 2.44. The van der Waals surface area contributed by atoms with Crippen molar-refractivity contribution in [1.82, 2.24) is 4.90 Å². The molecule has 1 saturated heterocycles. The lowest BCUT2D eigenvalue weighted by Gasteiger charge is -2.33. The molecule has 1 heterocycles. The molecule has 1 aliphatic rings. The zero-order valence-corrected chi connectivity index (χ0v) is 11.2. The van der Waals surface area contributed by atoms with E-state index in [0.29, 0.717) is 6.10 Å². The summed E-state index contributed by atoms with van der Waals surface area (Å²) in [7, 11) is 1.80. The Hall–Kier alpha value is -0.120. The second-order valence-corrected chi connectivity index (χ2v) is 5.95. The fourth-order valence-corrected chi connectivity index (χ4v) is 2.11. The van der Waals surface area contributed by atoms with Gasteiger partial charge in [-0.25, -0.2) is 0 Å². The predicted octanol–water partition coefficient (Wildman–Crippen LogP) is 1.89. The van der Waals surface area contributed by atoms with Crippen LogP contribution in [-0.2, 0) is 4.74 Å². The summed E-state index contributed by atoms with van der Waals surface area (Å²) in [5.41, 5.74) is 0.00481. The average Bonchev–Trinajstić information content (AvgIpc) is 2.25. The molecular formula is C13H27NO2. The number of aliphatic hydroxyl groups is 1. The Morgan fingerprint density at radius 2 is 1.88 bits per heavy atom. The van der Waals surface area contributed by atoms with Gasteiger partial charge in [0.25, 0.3) is 0 Å². The van der Waals surface area contributed by atoms with Gasteiger partial charge in [-0.05, 0) is 24.7 Å². The van der Waals surface area contributed by atoms with Crippen LogP contribution < -0.4 is 0 Å². The number of hydrogen-bond donors (Lipinski definition) is 1. The minimum Gasteiger partial charge on any atom is -0.393 e. The van der Waals surface area contributed by atoms with Crippen LogP contribution in [0.15, 0.2) is 0 Å². The highest BCUT2D eigenvalue weighted by atomic mass is 16.5. The molecule has 3 nitrogen and oxygen atoms in total. The van der Waals surface area contributed by atoms with E-state index < -0.39 is 0 Å². The van der Waals surface area contributed by atoms with Crippen LogP contribution in [0.25, 0.3) is 0 Å². The minimum absolute atomic E-state index is 0.00481. The van der Waals surface area contributed by atoms with E-state index in [-0.39, 0.29) is 11.5 Å². The van der Waals surface area contributed by atoms with Crippen molar-refractivity contribution in [2.24, 2.45) is 5.41 Å². The van der Waals surface area contributed by atoms with Gasteiger partial charge >= 0.3 is 0 Å². The van der Waals surface area contributed by atoms with Crippen molar-refractivity contribution in [2.45, 2.75) is 52.2 Å². The van der Waals surface area contributed by atoms with E-state index in [4.69, 9.17) is 4.74 Å². The number of ether oxygens (including phenoxy) is 1. The molecule has 0 bridgehead atoms. The maximum atomic E-state index is 9.96. The van der Waals surface area contributed by atoms with E-state index in [1.54, 1.807) is 7.11 Å². The first-order valence-electron chi connectivity index (χ1n) is 6.36. The van der Waals surface area contributed by atoms with Crippen LogP contribution in [0.4, 0.5) is 0 Å². The molecule has 3 heteroatoms. The van der Waals surface area contributed by atoms with Crippen molar-refractivity contribution in [2.75, 3.05) is 26.7 Å². The van der Waals surface area contributed by atoms with Crippen LogP contribution in [-0.4, -0.2) is 49.0 Å². The fourth-order valence-electron chi connectivity index (χ4n) is 2.11. The quantitative estimate of drug-likeness (QED) is 0.799. The lowest BCUT2D eigenvalue weighted by molar-refractivity contribution is 0.0205. The molecule has 96 valence electrons. The van der Waals surface area contributed by atoms with Crippen LogP contribution in [0.5, 0.6) is 0 Å². The number of rotatable bonds is 4. The number of methoxy groups -OCH3 is 1. The Morgan fingerprint density at radius 1 is 1.31 bits per heavy atom. The van der Waals surface area contributed by atoms with Crippen molar-refractivity contribution >= 4 is 0 Å². The Morgan fingerprint density at radius 3 is 2.31 bits per heavy atom. The highest BCUT2D eigenvalue weighted by Crippen LogP contribution is 2.22. The van der Waals surface area contributed by atoms with E-state index in [1.165, 1.54) is 0 Å². The summed E-state index contributed by atoms with van der Waals surface area (Å²) in [6, 6.07) is 0. The smallest absolute Gasteiger partial charge is 0.0600 e. The Kier molecular flexibility index (Phi) is 5.22. The molecule has 0 aromatic carbocycles. The molecular weight excluding hydrogens is 202 g/mol. The molecule has 0 spiro atoms. The number of likely N-dealkylation sites (tertiary alicyclic amines) is 1. The zero-order valence-electron chi connectivity index (χ0n) is 11.2. The van der Waals surface area contributed by atoms with Gasteiger partial charge in [0.15, 0.2) is 0 Å². The van der Waals surface area contributed by atoms with Gasteiger partial charge in [0.2, 0.25) is 0 Å². The zero-order chi connectivity index (χ0) is 12.2. The van der Waals surface area contributed by atoms with Gasteiger partial charge in [0, 0.05) is 26.7 Å². The summed E-state index contributed by atoms with van der Waals surface area (Å²) < 4.78 is 5.34. The maximum absolute atomic E-state index is 9.96. The summed E-state index contributed by atoms with van der Waals surface area (Å²) >= 11 is 0. The Balaban J connectivity index is 2.20. The third-order valence-electron chi connectivity index (χ3n) is 3.59. The summed E-state index contributed by atoms with van der Waals surface area (Å²) in [6.07, 6.45) is 3.38. The summed E-state index contributed by atoms with van der Waals surface area (Å²) in [5.74, 6) is 0. The molecule has 1 rings (SSSR count). The number of aliphatic hydroxyl groups excluding tert-OH is 1.